The number of fused-ring (bicyclic) bond motifs is 10. The van der Waals surface area contributed by atoms with Gasteiger partial charge in [-0.2, -0.15) is 0 Å². The fourth-order valence-corrected chi connectivity index (χ4v) is 12.2. The zero-order valence-electron chi connectivity index (χ0n) is 38.6. The lowest BCUT2D eigenvalue weighted by molar-refractivity contribution is 1.18. The number of benzene rings is 11. The summed E-state index contributed by atoms with van der Waals surface area (Å²) in [6, 6.07) is 96.9. The van der Waals surface area contributed by atoms with Crippen LogP contribution in [0.4, 0.5) is 34.1 Å². The molecule has 0 fully saturated rings. The van der Waals surface area contributed by atoms with Crippen molar-refractivity contribution in [3.8, 4) is 22.5 Å². The van der Waals surface area contributed by atoms with Crippen LogP contribution in [0.25, 0.3) is 86.3 Å². The summed E-state index contributed by atoms with van der Waals surface area (Å²) in [5.41, 5.74) is 15.8. The number of thiophene rings is 1. The van der Waals surface area contributed by atoms with Crippen molar-refractivity contribution in [2.75, 3.05) is 9.80 Å². The van der Waals surface area contributed by atoms with Crippen LogP contribution >= 0.6 is 11.3 Å². The van der Waals surface area contributed by atoms with Crippen LogP contribution in [0.2, 0.25) is 0 Å². The van der Waals surface area contributed by atoms with Crippen molar-refractivity contribution in [2.24, 2.45) is 0 Å². The summed E-state index contributed by atoms with van der Waals surface area (Å²) in [4.78, 5) is 4.79. The number of nitrogens with zero attached hydrogens (tertiary/aromatic N) is 4. The van der Waals surface area contributed by atoms with Gasteiger partial charge in [0.15, 0.2) is 0 Å². The first-order valence-electron chi connectivity index (χ1n) is 24.2. The van der Waals surface area contributed by atoms with Crippen molar-refractivity contribution in [3.05, 3.63) is 267 Å². The molecule has 0 N–H and O–H groups in total. The Morgan fingerprint density at radius 1 is 0.296 bits per heavy atom. The van der Waals surface area contributed by atoms with E-state index in [1.54, 1.807) is 0 Å². The van der Waals surface area contributed by atoms with Gasteiger partial charge < -0.3 is 18.9 Å². The van der Waals surface area contributed by atoms with Crippen molar-refractivity contribution in [3.63, 3.8) is 0 Å². The fraction of sp³-hybridized carbons (Fsp3) is 0. The first-order chi connectivity index (χ1) is 35.2. The van der Waals surface area contributed by atoms with Gasteiger partial charge in [-0.3, -0.25) is 0 Å². The second kappa shape index (κ2) is 16.8. The molecule has 0 saturated carbocycles. The normalized spacial score (nSPS) is 11.7. The molecule has 14 aromatic rings. The lowest BCUT2D eigenvalue weighted by Gasteiger charge is -2.28. The summed E-state index contributed by atoms with van der Waals surface area (Å²) in [5, 5.41) is 7.62. The monoisotopic (exact) mass is 924 g/mol. The van der Waals surface area contributed by atoms with Crippen LogP contribution in [-0.4, -0.2) is 9.13 Å². The van der Waals surface area contributed by atoms with E-state index in [9.17, 15) is 0 Å². The van der Waals surface area contributed by atoms with E-state index in [-0.39, 0.29) is 0 Å². The summed E-state index contributed by atoms with van der Waals surface area (Å²) >= 11 is 1.89. The van der Waals surface area contributed by atoms with Crippen LogP contribution in [0.1, 0.15) is 0 Å². The van der Waals surface area contributed by atoms with Crippen molar-refractivity contribution in [2.45, 2.75) is 0 Å². The maximum Gasteiger partial charge on any atom is 0.0562 e. The number of aromatic nitrogens is 2. The van der Waals surface area contributed by atoms with Gasteiger partial charge in [-0.25, -0.2) is 0 Å². The van der Waals surface area contributed by atoms with Gasteiger partial charge in [-0.05, 0) is 115 Å². The van der Waals surface area contributed by atoms with Gasteiger partial charge in [0.05, 0.1) is 27.8 Å². The maximum atomic E-state index is 2.44. The van der Waals surface area contributed by atoms with Crippen LogP contribution < -0.4 is 9.80 Å². The number of para-hydroxylation sites is 6. The van der Waals surface area contributed by atoms with E-state index in [2.05, 4.69) is 286 Å². The standard InChI is InChI=1S/C66H44N4S/c1-5-19-46(20-6-1)67(51-38-40-58-63(43-51)70(49-25-11-4-12-26-49)61-42-41-57-56-29-15-18-32-64(56)71-66(57)65(58)61)50-35-33-45(34-36-50)53-27-13-16-30-59(53)68(47-21-7-2-8-22-47)52-37-39-55-54-28-14-17-31-60(54)69(62(55)44-52)48-23-9-3-10-24-48/h1-44H. The van der Waals surface area contributed by atoms with Crippen molar-refractivity contribution in [1.29, 1.82) is 0 Å². The number of hydrogen-bond acceptors (Lipinski definition) is 3. The Kier molecular flexibility index (Phi) is 9.68. The average Bonchev–Trinajstić information content (AvgIpc) is 4.10. The van der Waals surface area contributed by atoms with Crippen LogP contribution in [0, 0.1) is 0 Å². The lowest BCUT2D eigenvalue weighted by Crippen LogP contribution is -2.11. The Morgan fingerprint density at radius 3 is 1.48 bits per heavy atom. The third-order valence-electron chi connectivity index (χ3n) is 14.1. The summed E-state index contributed by atoms with van der Waals surface area (Å²) < 4.78 is 7.47. The maximum absolute atomic E-state index is 2.44. The van der Waals surface area contributed by atoms with Gasteiger partial charge in [0.2, 0.25) is 0 Å². The quantitative estimate of drug-likeness (QED) is 0.143. The molecular weight excluding hydrogens is 881 g/mol. The molecule has 0 aliphatic heterocycles. The third kappa shape index (κ3) is 6.74. The molecule has 0 saturated heterocycles. The predicted octanol–water partition coefficient (Wildman–Crippen LogP) is 18.9. The summed E-state index contributed by atoms with van der Waals surface area (Å²) in [6.45, 7) is 0. The zero-order valence-corrected chi connectivity index (χ0v) is 39.4. The molecule has 0 radical (unpaired) electrons. The van der Waals surface area contributed by atoms with Gasteiger partial charge in [0, 0.05) is 87.1 Å². The minimum Gasteiger partial charge on any atom is -0.310 e. The highest BCUT2D eigenvalue weighted by molar-refractivity contribution is 7.26. The smallest absolute Gasteiger partial charge is 0.0562 e. The summed E-state index contributed by atoms with van der Waals surface area (Å²) in [7, 11) is 0. The highest BCUT2D eigenvalue weighted by atomic mass is 32.1. The highest BCUT2D eigenvalue weighted by Gasteiger charge is 2.23. The van der Waals surface area contributed by atoms with E-state index in [0.717, 1.165) is 62.1 Å². The van der Waals surface area contributed by atoms with Crippen LogP contribution in [0.3, 0.4) is 0 Å². The van der Waals surface area contributed by atoms with Gasteiger partial charge in [-0.1, -0.05) is 158 Å². The van der Waals surface area contributed by atoms with Crippen LogP contribution in [0.5, 0.6) is 0 Å². The SMILES string of the molecule is c1ccc(N(c2ccc(-c3ccccc3N(c3ccccc3)c3ccc4c5ccccc5n(-c5ccccc5)c4c3)cc2)c2ccc3c4c5sc6ccccc6c5ccc4n(-c4ccccc4)c3c2)cc1. The first kappa shape index (κ1) is 40.9. The molecule has 3 heterocycles. The van der Waals surface area contributed by atoms with Crippen LogP contribution in [-0.2, 0) is 0 Å². The number of anilines is 6. The van der Waals surface area contributed by atoms with E-state index in [1.807, 2.05) is 11.3 Å². The number of hydrogen-bond donors (Lipinski definition) is 0. The highest BCUT2D eigenvalue weighted by Crippen LogP contribution is 2.47. The number of rotatable bonds is 9. The molecule has 71 heavy (non-hydrogen) atoms. The van der Waals surface area contributed by atoms with Crippen molar-refractivity contribution in [1.82, 2.24) is 9.13 Å². The van der Waals surface area contributed by atoms with Crippen LogP contribution in [0.15, 0.2) is 267 Å². The van der Waals surface area contributed by atoms with E-state index in [0.29, 0.717) is 0 Å². The zero-order chi connectivity index (χ0) is 46.8. The van der Waals surface area contributed by atoms with Gasteiger partial charge in [0.25, 0.3) is 0 Å². The molecule has 0 atom stereocenters. The molecule has 0 unspecified atom stereocenters. The molecule has 0 aliphatic rings. The molecular formula is C66H44N4S. The third-order valence-corrected chi connectivity index (χ3v) is 15.3. The Labute approximate surface area is 415 Å². The molecule has 0 bridgehead atoms. The Balaban J connectivity index is 0.909. The van der Waals surface area contributed by atoms with E-state index < -0.39 is 0 Å². The molecule has 0 aliphatic carbocycles. The molecule has 4 nitrogen and oxygen atoms in total. The minimum atomic E-state index is 1.07. The lowest BCUT2D eigenvalue weighted by atomic mass is 10.0. The van der Waals surface area contributed by atoms with Gasteiger partial charge in [0.1, 0.15) is 0 Å². The molecule has 14 rings (SSSR count). The minimum absolute atomic E-state index is 1.07. The molecule has 3 aromatic heterocycles. The molecule has 0 spiro atoms. The van der Waals surface area contributed by atoms with E-state index in [4.69, 9.17) is 0 Å². The predicted molar refractivity (Wildman–Crippen MR) is 303 cm³/mol. The molecule has 11 aromatic carbocycles. The largest absolute Gasteiger partial charge is 0.310 e. The average molecular weight is 925 g/mol. The van der Waals surface area contributed by atoms with Gasteiger partial charge in [-0.15, -0.1) is 11.3 Å². The van der Waals surface area contributed by atoms with E-state index >= 15 is 0 Å². The topological polar surface area (TPSA) is 16.3 Å². The second-order valence-corrected chi connectivity index (χ2v) is 19.2. The fourth-order valence-electron chi connectivity index (χ4n) is 11.0. The molecule has 5 heteroatoms. The Morgan fingerprint density at radius 2 is 0.775 bits per heavy atom. The Bertz CT molecular complexity index is 4270. The molecule has 334 valence electrons. The summed E-state index contributed by atoms with van der Waals surface area (Å²) in [5.74, 6) is 0. The second-order valence-electron chi connectivity index (χ2n) is 18.1. The first-order valence-corrected chi connectivity index (χ1v) is 25.0. The van der Waals surface area contributed by atoms with Gasteiger partial charge >= 0.3 is 0 Å². The molecule has 0 amide bonds. The Hall–Kier alpha value is -9.16. The summed E-state index contributed by atoms with van der Waals surface area (Å²) in [6.07, 6.45) is 0. The van der Waals surface area contributed by atoms with E-state index in [1.165, 1.54) is 58.3 Å². The van der Waals surface area contributed by atoms with Crippen molar-refractivity contribution >= 4 is 109 Å². The van der Waals surface area contributed by atoms with Crippen molar-refractivity contribution < 1.29 is 0 Å².